The fourth-order valence-corrected chi connectivity index (χ4v) is 1.90. The number of hydrogen-bond donors (Lipinski definition) is 1. The van der Waals surface area contributed by atoms with Gasteiger partial charge in [0.15, 0.2) is 0 Å². The zero-order valence-electron chi connectivity index (χ0n) is 7.46. The molecule has 0 amide bonds. The molecule has 0 spiro atoms. The van der Waals surface area contributed by atoms with Crippen molar-refractivity contribution in [2.75, 3.05) is 0 Å². The van der Waals surface area contributed by atoms with E-state index < -0.39 is 0 Å². The van der Waals surface area contributed by atoms with Crippen LogP contribution >= 0.6 is 28.1 Å². The van der Waals surface area contributed by atoms with Crippen LogP contribution in [-0.2, 0) is 0 Å². The second-order valence-corrected chi connectivity index (χ2v) is 4.57. The molecule has 0 saturated carbocycles. The number of benzene rings is 1. The van der Waals surface area contributed by atoms with Crippen molar-refractivity contribution in [1.82, 2.24) is 0 Å². The van der Waals surface area contributed by atoms with Gasteiger partial charge < -0.3 is 5.73 Å². The van der Waals surface area contributed by atoms with Crippen LogP contribution in [0.2, 0.25) is 0 Å². The average molecular weight is 258 g/mol. The molecule has 0 aromatic heterocycles. The lowest BCUT2D eigenvalue weighted by Gasteiger charge is -2.10. The van der Waals surface area contributed by atoms with Gasteiger partial charge in [0.2, 0.25) is 0 Å². The third-order valence-electron chi connectivity index (χ3n) is 1.93. The molecule has 1 unspecified atom stereocenters. The lowest BCUT2D eigenvalue weighted by atomic mass is 9.98. The van der Waals surface area contributed by atoms with Gasteiger partial charge in [0.25, 0.3) is 0 Å². The van der Waals surface area contributed by atoms with E-state index in [2.05, 4.69) is 35.0 Å². The fourth-order valence-electron chi connectivity index (χ4n) is 1.23. The minimum atomic E-state index is 0.398. The summed E-state index contributed by atoms with van der Waals surface area (Å²) in [6, 6.07) is 8.23. The molecule has 0 saturated heterocycles. The summed E-state index contributed by atoms with van der Waals surface area (Å²) < 4.78 is 1.10. The molecule has 70 valence electrons. The van der Waals surface area contributed by atoms with Crippen LogP contribution in [0.15, 0.2) is 28.7 Å². The molecule has 0 aliphatic carbocycles. The lowest BCUT2D eigenvalue weighted by Crippen LogP contribution is -2.11. The maximum atomic E-state index is 5.49. The molecule has 0 bridgehead atoms. The second-order valence-electron chi connectivity index (χ2n) is 3.13. The first-order valence-corrected chi connectivity index (χ1v) is 5.33. The van der Waals surface area contributed by atoms with Crippen LogP contribution in [0.3, 0.4) is 0 Å². The Kier molecular flexibility index (Phi) is 3.88. The zero-order valence-corrected chi connectivity index (χ0v) is 9.86. The van der Waals surface area contributed by atoms with Crippen molar-refractivity contribution in [3.63, 3.8) is 0 Å². The summed E-state index contributed by atoms with van der Waals surface area (Å²) >= 11 is 8.30. The van der Waals surface area contributed by atoms with Crippen molar-refractivity contribution in [1.29, 1.82) is 0 Å². The summed E-state index contributed by atoms with van der Waals surface area (Å²) in [5.41, 5.74) is 6.75. The maximum absolute atomic E-state index is 5.49. The van der Waals surface area contributed by atoms with Crippen LogP contribution in [-0.4, -0.2) is 4.99 Å². The van der Waals surface area contributed by atoms with E-state index in [1.54, 1.807) is 0 Å². The third kappa shape index (κ3) is 3.44. The van der Waals surface area contributed by atoms with E-state index in [1.165, 1.54) is 5.56 Å². The van der Waals surface area contributed by atoms with Gasteiger partial charge in [-0.3, -0.25) is 0 Å². The average Bonchev–Trinajstić information content (AvgIpc) is 2.03. The number of rotatable bonds is 3. The highest BCUT2D eigenvalue weighted by molar-refractivity contribution is 9.10. The highest BCUT2D eigenvalue weighted by Crippen LogP contribution is 2.22. The van der Waals surface area contributed by atoms with Crippen LogP contribution in [0, 0.1) is 0 Å². The van der Waals surface area contributed by atoms with E-state index in [1.807, 2.05) is 12.1 Å². The minimum Gasteiger partial charge on any atom is -0.393 e. The predicted octanol–water partition coefficient (Wildman–Crippen LogP) is 3.23. The summed E-state index contributed by atoms with van der Waals surface area (Å²) in [7, 11) is 0. The number of nitrogens with two attached hydrogens (primary N) is 1. The Hall–Kier alpha value is -0.410. The van der Waals surface area contributed by atoms with Crippen molar-refractivity contribution in [2.24, 2.45) is 5.73 Å². The quantitative estimate of drug-likeness (QED) is 0.842. The largest absolute Gasteiger partial charge is 0.393 e. The Balaban J connectivity index is 2.76. The lowest BCUT2D eigenvalue weighted by molar-refractivity contribution is 0.806. The number of hydrogen-bond acceptors (Lipinski definition) is 1. The molecule has 0 radical (unpaired) electrons. The standard InChI is InChI=1S/C10H12BrNS/c1-7(5-10(12)13)8-3-2-4-9(11)6-8/h2-4,6-7H,5H2,1H3,(H2,12,13). The van der Waals surface area contributed by atoms with Gasteiger partial charge in [0, 0.05) is 10.9 Å². The summed E-state index contributed by atoms with van der Waals surface area (Å²) in [5, 5.41) is 0. The summed E-state index contributed by atoms with van der Waals surface area (Å²) in [5.74, 6) is 0.398. The molecule has 1 rings (SSSR count). The van der Waals surface area contributed by atoms with Gasteiger partial charge in [-0.1, -0.05) is 47.2 Å². The molecule has 13 heavy (non-hydrogen) atoms. The summed E-state index contributed by atoms with van der Waals surface area (Å²) in [6.07, 6.45) is 0.770. The van der Waals surface area contributed by atoms with Crippen molar-refractivity contribution < 1.29 is 0 Å². The Morgan fingerprint density at radius 1 is 1.62 bits per heavy atom. The predicted molar refractivity (Wildman–Crippen MR) is 64.0 cm³/mol. The number of halogens is 1. The Morgan fingerprint density at radius 2 is 2.31 bits per heavy atom. The molecule has 0 fully saturated rings. The van der Waals surface area contributed by atoms with Crippen molar-refractivity contribution in [2.45, 2.75) is 19.3 Å². The topological polar surface area (TPSA) is 26.0 Å². The fraction of sp³-hybridized carbons (Fsp3) is 0.300. The van der Waals surface area contributed by atoms with Gasteiger partial charge in [-0.05, 0) is 23.6 Å². The first-order valence-electron chi connectivity index (χ1n) is 4.13. The van der Waals surface area contributed by atoms with E-state index in [0.29, 0.717) is 10.9 Å². The number of thiocarbonyl (C=S) groups is 1. The smallest absolute Gasteiger partial charge is 0.0733 e. The van der Waals surface area contributed by atoms with Gasteiger partial charge in [-0.15, -0.1) is 0 Å². The van der Waals surface area contributed by atoms with E-state index in [9.17, 15) is 0 Å². The Labute approximate surface area is 92.5 Å². The van der Waals surface area contributed by atoms with Crippen molar-refractivity contribution in [3.8, 4) is 0 Å². The molecule has 0 heterocycles. The second kappa shape index (κ2) is 4.72. The molecule has 1 aromatic carbocycles. The first-order chi connectivity index (χ1) is 6.09. The maximum Gasteiger partial charge on any atom is 0.0733 e. The van der Waals surface area contributed by atoms with Crippen molar-refractivity contribution >= 4 is 33.1 Å². The highest BCUT2D eigenvalue weighted by Gasteiger charge is 2.06. The molecular formula is C10H12BrNS. The zero-order chi connectivity index (χ0) is 9.84. The molecular weight excluding hydrogens is 246 g/mol. The Morgan fingerprint density at radius 3 is 2.85 bits per heavy atom. The molecule has 0 aliphatic heterocycles. The van der Waals surface area contributed by atoms with E-state index >= 15 is 0 Å². The van der Waals surface area contributed by atoms with Gasteiger partial charge in [-0.25, -0.2) is 0 Å². The Bertz CT molecular complexity index is 312. The van der Waals surface area contributed by atoms with Crippen LogP contribution in [0.1, 0.15) is 24.8 Å². The van der Waals surface area contributed by atoms with Gasteiger partial charge in [0.05, 0.1) is 4.99 Å². The monoisotopic (exact) mass is 257 g/mol. The van der Waals surface area contributed by atoms with Crippen LogP contribution < -0.4 is 5.73 Å². The van der Waals surface area contributed by atoms with Gasteiger partial charge in [0.1, 0.15) is 0 Å². The molecule has 1 aromatic rings. The molecule has 0 aliphatic rings. The van der Waals surface area contributed by atoms with Crippen LogP contribution in [0.5, 0.6) is 0 Å². The molecule has 2 N–H and O–H groups in total. The van der Waals surface area contributed by atoms with Crippen LogP contribution in [0.25, 0.3) is 0 Å². The van der Waals surface area contributed by atoms with Crippen molar-refractivity contribution in [3.05, 3.63) is 34.3 Å². The first kappa shape index (κ1) is 10.7. The summed E-state index contributed by atoms with van der Waals surface area (Å²) in [6.45, 7) is 2.13. The van der Waals surface area contributed by atoms with E-state index in [4.69, 9.17) is 18.0 Å². The molecule has 3 heteroatoms. The molecule has 1 atom stereocenters. The third-order valence-corrected chi connectivity index (χ3v) is 2.58. The van der Waals surface area contributed by atoms with Gasteiger partial charge in [-0.2, -0.15) is 0 Å². The van der Waals surface area contributed by atoms with E-state index in [-0.39, 0.29) is 0 Å². The SMILES string of the molecule is CC(CC(N)=S)c1cccc(Br)c1. The summed E-state index contributed by atoms with van der Waals surface area (Å²) in [4.78, 5) is 0.576. The minimum absolute atomic E-state index is 0.398. The molecule has 1 nitrogen and oxygen atoms in total. The van der Waals surface area contributed by atoms with Gasteiger partial charge >= 0.3 is 0 Å². The highest BCUT2D eigenvalue weighted by atomic mass is 79.9. The van der Waals surface area contributed by atoms with Crippen LogP contribution in [0.4, 0.5) is 0 Å². The van der Waals surface area contributed by atoms with E-state index in [0.717, 1.165) is 10.9 Å². The normalized spacial score (nSPS) is 12.5.